The summed E-state index contributed by atoms with van der Waals surface area (Å²) in [5, 5.41) is 7.80. The van der Waals surface area contributed by atoms with Crippen molar-refractivity contribution in [3.05, 3.63) is 248 Å². The van der Waals surface area contributed by atoms with Crippen LogP contribution in [0.3, 0.4) is 0 Å². The summed E-state index contributed by atoms with van der Waals surface area (Å²) in [6, 6.07) is 88.0. The highest BCUT2D eigenvalue weighted by Gasteiger charge is 2.48. The molecular formula is C63H45NOSi. The van der Waals surface area contributed by atoms with Crippen LogP contribution in [0.2, 0.25) is 0 Å². The largest absolute Gasteiger partial charge is 0.456 e. The van der Waals surface area contributed by atoms with Gasteiger partial charge in [0.05, 0.1) is 0 Å². The zero-order chi connectivity index (χ0) is 44.0. The molecule has 11 aromatic rings. The fraction of sp³-hybridized carbons (Fsp3) is 0.0476. The van der Waals surface area contributed by atoms with Crippen LogP contribution >= 0.6 is 0 Å². The molecule has 0 radical (unpaired) electrons. The van der Waals surface area contributed by atoms with Crippen LogP contribution in [-0.4, -0.2) is 8.07 Å². The Morgan fingerprint density at radius 3 is 1.68 bits per heavy atom. The van der Waals surface area contributed by atoms with Gasteiger partial charge in [0.25, 0.3) is 0 Å². The lowest BCUT2D eigenvalue weighted by Crippen LogP contribution is -2.72. The molecule has 0 spiro atoms. The Kier molecular flexibility index (Phi) is 8.62. The predicted molar refractivity (Wildman–Crippen MR) is 279 cm³/mol. The summed E-state index contributed by atoms with van der Waals surface area (Å²) in [6.07, 6.45) is 0. The molecular weight excluding hydrogens is 815 g/mol. The lowest BCUT2D eigenvalue weighted by molar-refractivity contribution is 0.660. The first-order chi connectivity index (χ1) is 32.5. The van der Waals surface area contributed by atoms with Crippen molar-refractivity contribution in [1.29, 1.82) is 0 Å². The van der Waals surface area contributed by atoms with Gasteiger partial charge in [-0.1, -0.05) is 196 Å². The van der Waals surface area contributed by atoms with Gasteiger partial charge < -0.3 is 9.32 Å². The third kappa shape index (κ3) is 5.73. The highest BCUT2D eigenvalue weighted by atomic mass is 28.3. The smallest absolute Gasteiger partial charge is 0.180 e. The Morgan fingerprint density at radius 2 is 0.909 bits per heavy atom. The van der Waals surface area contributed by atoms with E-state index in [-0.39, 0.29) is 5.41 Å². The van der Waals surface area contributed by atoms with Gasteiger partial charge in [0, 0.05) is 33.2 Å². The SMILES string of the molecule is CC1(C)c2ccccc2-c2ccc(-c3ccc(N(c4cccc([Si]5(c6ccc(-c7ccccc7)cc6)c6ccccc6-c6ccccc65)c4)c4ccc5oc6ccccc6c5c4)cc3)cc21. The maximum absolute atomic E-state index is 6.37. The Balaban J connectivity index is 0.986. The maximum Gasteiger partial charge on any atom is 0.180 e. The second kappa shape index (κ2) is 14.8. The Bertz CT molecular complexity index is 3630. The molecule has 1 aliphatic heterocycles. The van der Waals surface area contributed by atoms with Crippen molar-refractivity contribution in [1.82, 2.24) is 0 Å². The Morgan fingerprint density at radius 1 is 0.348 bits per heavy atom. The first kappa shape index (κ1) is 38.5. The molecule has 0 bridgehead atoms. The van der Waals surface area contributed by atoms with Gasteiger partial charge in [0.2, 0.25) is 0 Å². The van der Waals surface area contributed by atoms with Crippen molar-refractivity contribution in [2.24, 2.45) is 0 Å². The monoisotopic (exact) mass is 859 g/mol. The zero-order valence-corrected chi connectivity index (χ0v) is 37.9. The number of rotatable bonds is 7. The Labute approximate surface area is 386 Å². The van der Waals surface area contributed by atoms with E-state index in [1.807, 2.05) is 6.07 Å². The van der Waals surface area contributed by atoms with E-state index in [1.54, 1.807) is 0 Å². The molecule has 0 atom stereocenters. The van der Waals surface area contributed by atoms with Crippen LogP contribution in [0.15, 0.2) is 241 Å². The fourth-order valence-corrected chi connectivity index (χ4v) is 16.6. The van der Waals surface area contributed by atoms with Crippen molar-refractivity contribution in [3.8, 4) is 44.5 Å². The summed E-state index contributed by atoms with van der Waals surface area (Å²) in [7, 11) is -2.84. The zero-order valence-electron chi connectivity index (χ0n) is 36.9. The summed E-state index contributed by atoms with van der Waals surface area (Å²) in [5.74, 6) is 0. The highest BCUT2D eigenvalue weighted by Crippen LogP contribution is 2.50. The van der Waals surface area contributed by atoms with Gasteiger partial charge in [0.15, 0.2) is 8.07 Å². The predicted octanol–water partition coefficient (Wildman–Crippen LogP) is 14.1. The van der Waals surface area contributed by atoms with Gasteiger partial charge in [-0.05, 0) is 131 Å². The molecule has 1 aliphatic carbocycles. The molecule has 2 nitrogen and oxygen atoms in total. The number of para-hydroxylation sites is 1. The summed E-state index contributed by atoms with van der Waals surface area (Å²) < 4.78 is 6.37. The van der Waals surface area contributed by atoms with Crippen LogP contribution in [0.5, 0.6) is 0 Å². The number of fused-ring (bicyclic) bond motifs is 9. The molecule has 0 saturated carbocycles. The standard InChI is InChI=1S/C63H45NOSi/c1-63(2)57-23-10-6-19-51(57)52-37-31-45(39-58(52)63)44-27-32-46(33-28-44)64(48-34-38-60-56(41-48)53-20-7-11-24-59(53)65-60)47-17-14-18-50(40-47)66(49-35-29-43(30-36-49)42-15-4-3-5-16-42)61-25-12-8-21-54(61)55-22-9-13-26-62(55)66/h3-41H,1-2H3. The second-order valence-corrected chi connectivity index (χ2v) is 22.2. The fourth-order valence-electron chi connectivity index (χ4n) is 11.4. The third-order valence-electron chi connectivity index (χ3n) is 14.6. The molecule has 66 heavy (non-hydrogen) atoms. The molecule has 0 N–H and O–H groups in total. The number of hydrogen-bond donors (Lipinski definition) is 0. The molecule has 0 fully saturated rings. The number of benzene rings is 10. The lowest BCUT2D eigenvalue weighted by atomic mass is 9.81. The van der Waals surface area contributed by atoms with Crippen LogP contribution in [0.4, 0.5) is 17.1 Å². The van der Waals surface area contributed by atoms with Gasteiger partial charge in [-0.25, -0.2) is 0 Å². The van der Waals surface area contributed by atoms with E-state index >= 15 is 0 Å². The summed E-state index contributed by atoms with van der Waals surface area (Å²) in [5.41, 5.74) is 18.0. The minimum atomic E-state index is -2.84. The molecule has 0 amide bonds. The van der Waals surface area contributed by atoms with E-state index in [4.69, 9.17) is 4.42 Å². The van der Waals surface area contributed by atoms with Gasteiger partial charge in [0.1, 0.15) is 11.2 Å². The molecule has 13 rings (SSSR count). The molecule has 2 aliphatic rings. The third-order valence-corrected chi connectivity index (χ3v) is 19.4. The molecule has 0 saturated heterocycles. The average molecular weight is 860 g/mol. The summed E-state index contributed by atoms with van der Waals surface area (Å²) in [6.45, 7) is 4.71. The van der Waals surface area contributed by atoms with E-state index < -0.39 is 8.07 Å². The summed E-state index contributed by atoms with van der Waals surface area (Å²) in [4.78, 5) is 2.43. The van der Waals surface area contributed by atoms with Crippen LogP contribution in [0.25, 0.3) is 66.4 Å². The van der Waals surface area contributed by atoms with Crippen molar-refractivity contribution in [2.45, 2.75) is 19.3 Å². The molecule has 1 aromatic heterocycles. The van der Waals surface area contributed by atoms with Gasteiger partial charge in [-0.2, -0.15) is 0 Å². The van der Waals surface area contributed by atoms with Crippen LogP contribution < -0.4 is 25.6 Å². The number of nitrogens with zero attached hydrogens (tertiary/aromatic N) is 1. The molecule has 10 aromatic carbocycles. The topological polar surface area (TPSA) is 16.4 Å². The Hall–Kier alpha value is -7.98. The lowest BCUT2D eigenvalue weighted by Gasteiger charge is -2.33. The van der Waals surface area contributed by atoms with E-state index in [2.05, 4.69) is 249 Å². The van der Waals surface area contributed by atoms with Gasteiger partial charge in [-0.3, -0.25) is 0 Å². The molecule has 2 heterocycles. The van der Waals surface area contributed by atoms with Crippen molar-refractivity contribution in [2.75, 3.05) is 4.90 Å². The number of furan rings is 1. The van der Waals surface area contributed by atoms with E-state index in [0.29, 0.717) is 0 Å². The van der Waals surface area contributed by atoms with Crippen molar-refractivity contribution < 1.29 is 4.42 Å². The van der Waals surface area contributed by atoms with E-state index in [0.717, 1.165) is 39.0 Å². The van der Waals surface area contributed by atoms with Gasteiger partial charge >= 0.3 is 0 Å². The first-order valence-electron chi connectivity index (χ1n) is 23.0. The number of anilines is 3. The summed E-state index contributed by atoms with van der Waals surface area (Å²) >= 11 is 0. The van der Waals surface area contributed by atoms with Crippen molar-refractivity contribution in [3.63, 3.8) is 0 Å². The maximum atomic E-state index is 6.37. The normalized spacial score (nSPS) is 13.8. The van der Waals surface area contributed by atoms with Crippen LogP contribution in [0.1, 0.15) is 25.0 Å². The second-order valence-electron chi connectivity index (χ2n) is 18.4. The molecule has 3 heteroatoms. The first-order valence-corrected chi connectivity index (χ1v) is 25.0. The highest BCUT2D eigenvalue weighted by molar-refractivity contribution is 7.22. The van der Waals surface area contributed by atoms with Crippen molar-refractivity contribution >= 4 is 67.8 Å². The molecule has 0 unspecified atom stereocenters. The minimum Gasteiger partial charge on any atom is -0.456 e. The van der Waals surface area contributed by atoms with Gasteiger partial charge in [-0.15, -0.1) is 0 Å². The minimum absolute atomic E-state index is 0.0649. The number of hydrogen-bond acceptors (Lipinski definition) is 2. The van der Waals surface area contributed by atoms with E-state index in [1.165, 1.54) is 76.4 Å². The van der Waals surface area contributed by atoms with E-state index in [9.17, 15) is 0 Å². The van der Waals surface area contributed by atoms with Crippen LogP contribution in [0, 0.1) is 0 Å². The average Bonchev–Trinajstić information content (AvgIpc) is 3.98. The quantitative estimate of drug-likeness (QED) is 0.148. The molecule has 312 valence electrons. The van der Waals surface area contributed by atoms with Crippen LogP contribution in [-0.2, 0) is 5.41 Å².